The van der Waals surface area contributed by atoms with E-state index in [2.05, 4.69) is 20.6 Å². The summed E-state index contributed by atoms with van der Waals surface area (Å²) in [5.74, 6) is 2.07. The topological polar surface area (TPSA) is 59.1 Å². The fourth-order valence-electron chi connectivity index (χ4n) is 2.43. The first-order chi connectivity index (χ1) is 12.2. The predicted octanol–water partition coefficient (Wildman–Crippen LogP) is 4.80. The van der Waals surface area contributed by atoms with E-state index in [4.69, 9.17) is 16.3 Å². The molecule has 0 aliphatic heterocycles. The molecule has 0 spiro atoms. The van der Waals surface area contributed by atoms with Crippen LogP contribution in [0.2, 0.25) is 5.02 Å². The van der Waals surface area contributed by atoms with Crippen molar-refractivity contribution in [1.29, 1.82) is 0 Å². The van der Waals surface area contributed by atoms with E-state index in [1.807, 2.05) is 61.5 Å². The number of anilines is 3. The van der Waals surface area contributed by atoms with Crippen LogP contribution in [0, 0.1) is 6.92 Å². The lowest BCUT2D eigenvalue weighted by molar-refractivity contribution is 0.410. The van der Waals surface area contributed by atoms with Crippen LogP contribution in [0.1, 0.15) is 11.3 Å². The molecule has 0 aliphatic rings. The van der Waals surface area contributed by atoms with Crippen molar-refractivity contribution < 1.29 is 4.74 Å². The van der Waals surface area contributed by atoms with Gasteiger partial charge < -0.3 is 15.4 Å². The second-order valence-electron chi connectivity index (χ2n) is 5.49. The van der Waals surface area contributed by atoms with E-state index in [-0.39, 0.29) is 0 Å². The fourth-order valence-corrected chi connectivity index (χ4v) is 2.62. The van der Waals surface area contributed by atoms with Gasteiger partial charge in [-0.3, -0.25) is 0 Å². The van der Waals surface area contributed by atoms with E-state index < -0.39 is 0 Å². The molecule has 1 aromatic heterocycles. The Kier molecular flexibility index (Phi) is 5.36. The van der Waals surface area contributed by atoms with Gasteiger partial charge in [0.15, 0.2) is 0 Å². The van der Waals surface area contributed by atoms with Crippen LogP contribution in [-0.2, 0) is 6.54 Å². The highest BCUT2D eigenvalue weighted by atomic mass is 35.5. The molecule has 2 N–H and O–H groups in total. The van der Waals surface area contributed by atoms with E-state index in [0.29, 0.717) is 17.5 Å². The van der Waals surface area contributed by atoms with Crippen LogP contribution in [0.15, 0.2) is 54.6 Å². The summed E-state index contributed by atoms with van der Waals surface area (Å²) < 4.78 is 5.37. The molecule has 2 aromatic carbocycles. The molecule has 128 valence electrons. The number of nitrogens with one attached hydrogen (secondary N) is 2. The van der Waals surface area contributed by atoms with Crippen molar-refractivity contribution in [3.05, 3.63) is 70.9 Å². The Morgan fingerprint density at radius 3 is 2.60 bits per heavy atom. The molecule has 0 fully saturated rings. The summed E-state index contributed by atoms with van der Waals surface area (Å²) in [6.07, 6.45) is 0. The van der Waals surface area contributed by atoms with Gasteiger partial charge in [0.2, 0.25) is 5.95 Å². The minimum atomic E-state index is 0.496. The molecule has 0 aliphatic carbocycles. The van der Waals surface area contributed by atoms with E-state index in [9.17, 15) is 0 Å². The molecule has 25 heavy (non-hydrogen) atoms. The lowest BCUT2D eigenvalue weighted by Gasteiger charge is -2.12. The SMILES string of the molecule is COc1ccccc1CNc1cc(C)nc(Nc2ccccc2Cl)n1. The lowest BCUT2D eigenvalue weighted by atomic mass is 10.2. The van der Waals surface area contributed by atoms with Crippen molar-refractivity contribution >= 4 is 29.1 Å². The minimum Gasteiger partial charge on any atom is -0.496 e. The summed E-state index contributed by atoms with van der Waals surface area (Å²) in [6.45, 7) is 2.53. The fraction of sp³-hybridized carbons (Fsp3) is 0.158. The van der Waals surface area contributed by atoms with Gasteiger partial charge in [-0.1, -0.05) is 41.9 Å². The second-order valence-corrected chi connectivity index (χ2v) is 5.90. The molecule has 0 radical (unpaired) electrons. The summed E-state index contributed by atoms with van der Waals surface area (Å²) >= 11 is 6.18. The van der Waals surface area contributed by atoms with Crippen molar-refractivity contribution in [1.82, 2.24) is 9.97 Å². The summed E-state index contributed by atoms with van der Waals surface area (Å²) in [5, 5.41) is 7.09. The van der Waals surface area contributed by atoms with Gasteiger partial charge in [-0.25, -0.2) is 4.98 Å². The third kappa shape index (κ3) is 4.39. The van der Waals surface area contributed by atoms with Crippen molar-refractivity contribution in [3.63, 3.8) is 0 Å². The van der Waals surface area contributed by atoms with Crippen molar-refractivity contribution in [3.8, 4) is 5.75 Å². The van der Waals surface area contributed by atoms with E-state index >= 15 is 0 Å². The van der Waals surface area contributed by atoms with Gasteiger partial charge in [0.25, 0.3) is 0 Å². The largest absolute Gasteiger partial charge is 0.496 e. The zero-order chi connectivity index (χ0) is 17.6. The average Bonchev–Trinajstić information content (AvgIpc) is 2.62. The van der Waals surface area contributed by atoms with Crippen LogP contribution < -0.4 is 15.4 Å². The number of nitrogens with zero attached hydrogens (tertiary/aromatic N) is 2. The maximum Gasteiger partial charge on any atom is 0.229 e. The number of para-hydroxylation sites is 2. The predicted molar refractivity (Wildman–Crippen MR) is 102 cm³/mol. The second kappa shape index (κ2) is 7.85. The number of aromatic nitrogens is 2. The minimum absolute atomic E-state index is 0.496. The Balaban J connectivity index is 1.76. The number of aryl methyl sites for hydroxylation is 1. The molecule has 0 saturated heterocycles. The highest BCUT2D eigenvalue weighted by Gasteiger charge is 2.06. The quantitative estimate of drug-likeness (QED) is 0.665. The number of benzene rings is 2. The van der Waals surface area contributed by atoms with Gasteiger partial charge >= 0.3 is 0 Å². The number of rotatable bonds is 6. The van der Waals surface area contributed by atoms with E-state index in [0.717, 1.165) is 28.5 Å². The number of halogens is 1. The molecular weight excluding hydrogens is 336 g/mol. The molecule has 1 heterocycles. The van der Waals surface area contributed by atoms with Crippen LogP contribution >= 0.6 is 11.6 Å². The standard InChI is InChI=1S/C19H19ClN4O/c1-13-11-18(21-12-14-7-3-6-10-17(14)25-2)24-19(22-13)23-16-9-5-4-8-15(16)20/h3-11H,12H2,1-2H3,(H2,21,22,23,24). The van der Waals surface area contributed by atoms with Crippen LogP contribution in [0.25, 0.3) is 0 Å². The molecule has 5 nitrogen and oxygen atoms in total. The van der Waals surface area contributed by atoms with Gasteiger partial charge in [-0.15, -0.1) is 0 Å². The number of methoxy groups -OCH3 is 1. The van der Waals surface area contributed by atoms with E-state index in [1.165, 1.54) is 0 Å². The Labute approximate surface area is 152 Å². The molecule has 6 heteroatoms. The van der Waals surface area contributed by atoms with Gasteiger partial charge in [0, 0.05) is 23.9 Å². The van der Waals surface area contributed by atoms with Crippen molar-refractivity contribution in [2.24, 2.45) is 0 Å². The Hall–Kier alpha value is -2.79. The Morgan fingerprint density at radius 2 is 1.80 bits per heavy atom. The maximum atomic E-state index is 6.18. The van der Waals surface area contributed by atoms with E-state index in [1.54, 1.807) is 7.11 Å². The van der Waals surface area contributed by atoms with Crippen LogP contribution in [0.3, 0.4) is 0 Å². The summed E-state index contributed by atoms with van der Waals surface area (Å²) in [7, 11) is 1.67. The van der Waals surface area contributed by atoms with Crippen LogP contribution in [0.5, 0.6) is 5.75 Å². The monoisotopic (exact) mass is 354 g/mol. The number of hydrogen-bond acceptors (Lipinski definition) is 5. The Bertz CT molecular complexity index is 870. The first-order valence-electron chi connectivity index (χ1n) is 7.88. The number of hydrogen-bond donors (Lipinski definition) is 2. The van der Waals surface area contributed by atoms with Crippen molar-refractivity contribution in [2.75, 3.05) is 17.7 Å². The Morgan fingerprint density at radius 1 is 1.04 bits per heavy atom. The zero-order valence-corrected chi connectivity index (χ0v) is 14.8. The molecule has 3 aromatic rings. The molecule has 0 saturated carbocycles. The molecule has 3 rings (SSSR count). The smallest absolute Gasteiger partial charge is 0.229 e. The van der Waals surface area contributed by atoms with Gasteiger partial charge in [0.05, 0.1) is 17.8 Å². The molecule has 0 bridgehead atoms. The first kappa shape index (κ1) is 17.0. The zero-order valence-electron chi connectivity index (χ0n) is 14.1. The third-order valence-electron chi connectivity index (χ3n) is 3.63. The maximum absolute atomic E-state index is 6.18. The lowest BCUT2D eigenvalue weighted by Crippen LogP contribution is -2.06. The number of ether oxygens (including phenoxy) is 1. The molecule has 0 amide bonds. The first-order valence-corrected chi connectivity index (χ1v) is 8.26. The highest BCUT2D eigenvalue weighted by molar-refractivity contribution is 6.33. The molecule has 0 atom stereocenters. The summed E-state index contributed by atoms with van der Waals surface area (Å²) in [4.78, 5) is 8.92. The van der Waals surface area contributed by atoms with Gasteiger partial charge in [-0.05, 0) is 25.1 Å². The van der Waals surface area contributed by atoms with Gasteiger partial charge in [-0.2, -0.15) is 4.98 Å². The highest BCUT2D eigenvalue weighted by Crippen LogP contribution is 2.24. The van der Waals surface area contributed by atoms with Gasteiger partial charge in [0.1, 0.15) is 11.6 Å². The average molecular weight is 355 g/mol. The van der Waals surface area contributed by atoms with Crippen molar-refractivity contribution in [2.45, 2.75) is 13.5 Å². The third-order valence-corrected chi connectivity index (χ3v) is 3.96. The van der Waals surface area contributed by atoms with Crippen LogP contribution in [0.4, 0.5) is 17.5 Å². The summed E-state index contributed by atoms with van der Waals surface area (Å²) in [5.41, 5.74) is 2.68. The molecular formula is C19H19ClN4O. The molecule has 0 unspecified atom stereocenters. The van der Waals surface area contributed by atoms with Crippen LogP contribution in [-0.4, -0.2) is 17.1 Å². The normalized spacial score (nSPS) is 10.4. The summed E-state index contributed by atoms with van der Waals surface area (Å²) in [6, 6.07) is 17.3.